The highest BCUT2D eigenvalue weighted by molar-refractivity contribution is 7.90. The summed E-state index contributed by atoms with van der Waals surface area (Å²) in [6.07, 6.45) is 1.07. The van der Waals surface area contributed by atoms with E-state index in [1.54, 1.807) is 37.4 Å². The van der Waals surface area contributed by atoms with Crippen molar-refractivity contribution in [2.24, 2.45) is 0 Å². The summed E-state index contributed by atoms with van der Waals surface area (Å²) in [4.78, 5) is 24.7. The Labute approximate surface area is 196 Å². The summed E-state index contributed by atoms with van der Waals surface area (Å²) in [7, 11) is -1.89. The number of hydrogen-bond acceptors (Lipinski definition) is 6. The van der Waals surface area contributed by atoms with Crippen LogP contribution in [0.5, 0.6) is 11.5 Å². The van der Waals surface area contributed by atoms with E-state index in [9.17, 15) is 18.0 Å². The smallest absolute Gasteiger partial charge is 0.262 e. The fourth-order valence-corrected chi connectivity index (χ4v) is 3.67. The molecule has 0 saturated carbocycles. The molecule has 10 heteroatoms. The quantitative estimate of drug-likeness (QED) is 0.495. The molecule has 8 nitrogen and oxygen atoms in total. The number of nitrogens with one attached hydrogen (secondary N) is 2. The molecule has 3 aromatic carbocycles. The molecule has 0 radical (unpaired) electrons. The van der Waals surface area contributed by atoms with E-state index in [0.717, 1.165) is 6.26 Å². The van der Waals surface area contributed by atoms with Crippen molar-refractivity contribution in [3.05, 3.63) is 77.3 Å². The van der Waals surface area contributed by atoms with Crippen LogP contribution < -0.4 is 20.1 Å². The Morgan fingerprint density at radius 1 is 0.939 bits per heavy atom. The molecule has 3 rings (SSSR count). The SMILES string of the molecule is COc1ccc(OCC(=O)Nc2ccc(NC(=O)c3cccc(S(C)(=O)=O)c3)c(Cl)c2)cc1. The molecule has 3 aromatic rings. The van der Waals surface area contributed by atoms with Gasteiger partial charge in [0.15, 0.2) is 16.4 Å². The fourth-order valence-electron chi connectivity index (χ4n) is 2.77. The van der Waals surface area contributed by atoms with Crippen molar-refractivity contribution >= 4 is 44.6 Å². The number of anilines is 2. The van der Waals surface area contributed by atoms with Gasteiger partial charge in [-0.3, -0.25) is 9.59 Å². The van der Waals surface area contributed by atoms with Crippen molar-refractivity contribution in [1.29, 1.82) is 0 Å². The third kappa shape index (κ3) is 6.71. The molecule has 0 fully saturated rings. The molecule has 0 aliphatic carbocycles. The van der Waals surface area contributed by atoms with Gasteiger partial charge >= 0.3 is 0 Å². The number of carbonyl (C=O) groups excluding carboxylic acids is 2. The minimum atomic E-state index is -3.44. The normalized spacial score (nSPS) is 10.9. The Balaban J connectivity index is 1.60. The summed E-state index contributed by atoms with van der Waals surface area (Å²) in [5.74, 6) is 0.280. The Hall–Kier alpha value is -3.56. The van der Waals surface area contributed by atoms with E-state index in [4.69, 9.17) is 21.1 Å². The number of carbonyl (C=O) groups is 2. The predicted molar refractivity (Wildman–Crippen MR) is 126 cm³/mol. The number of methoxy groups -OCH3 is 1. The molecule has 0 atom stereocenters. The number of rotatable bonds is 8. The molecule has 0 aliphatic rings. The van der Waals surface area contributed by atoms with E-state index in [1.165, 1.54) is 36.4 Å². The molecule has 0 unspecified atom stereocenters. The predicted octanol–water partition coefficient (Wildman–Crippen LogP) is 4.02. The molecular formula is C23H21ClN2O6S. The Bertz CT molecular complexity index is 1280. The minimum Gasteiger partial charge on any atom is -0.497 e. The van der Waals surface area contributed by atoms with E-state index >= 15 is 0 Å². The highest BCUT2D eigenvalue weighted by atomic mass is 35.5. The third-order valence-electron chi connectivity index (χ3n) is 4.45. The molecule has 0 spiro atoms. The lowest BCUT2D eigenvalue weighted by molar-refractivity contribution is -0.118. The molecule has 2 N–H and O–H groups in total. The summed E-state index contributed by atoms with van der Waals surface area (Å²) >= 11 is 6.24. The van der Waals surface area contributed by atoms with Gasteiger partial charge in [0.25, 0.3) is 11.8 Å². The van der Waals surface area contributed by atoms with Crippen LogP contribution in [0.2, 0.25) is 5.02 Å². The standard InChI is InChI=1S/C23H21ClN2O6S/c1-31-17-7-9-18(10-8-17)32-14-22(27)25-16-6-11-21(20(24)13-16)26-23(28)15-4-3-5-19(12-15)33(2,29)30/h3-13H,14H2,1-2H3,(H,25,27)(H,26,28). The highest BCUT2D eigenvalue weighted by Crippen LogP contribution is 2.26. The van der Waals surface area contributed by atoms with E-state index in [-0.39, 0.29) is 22.1 Å². The van der Waals surface area contributed by atoms with Crippen molar-refractivity contribution in [3.8, 4) is 11.5 Å². The molecule has 0 saturated heterocycles. The van der Waals surface area contributed by atoms with E-state index in [1.807, 2.05) is 0 Å². The zero-order valence-corrected chi connectivity index (χ0v) is 19.4. The summed E-state index contributed by atoms with van der Waals surface area (Å²) in [5.41, 5.74) is 0.890. The van der Waals surface area contributed by atoms with Gasteiger partial charge < -0.3 is 20.1 Å². The maximum atomic E-state index is 12.5. The van der Waals surface area contributed by atoms with Gasteiger partial charge in [-0.05, 0) is 60.7 Å². The fraction of sp³-hybridized carbons (Fsp3) is 0.130. The molecule has 172 valence electrons. The number of sulfone groups is 1. The molecule has 2 amide bonds. The van der Waals surface area contributed by atoms with E-state index in [2.05, 4.69) is 10.6 Å². The van der Waals surface area contributed by atoms with Gasteiger partial charge in [0.05, 0.1) is 22.7 Å². The number of halogens is 1. The molecule has 0 bridgehead atoms. The second-order valence-electron chi connectivity index (χ2n) is 6.96. The molecule has 0 aromatic heterocycles. The van der Waals surface area contributed by atoms with Crippen LogP contribution >= 0.6 is 11.6 Å². The Morgan fingerprint density at radius 2 is 1.64 bits per heavy atom. The number of ether oxygens (including phenoxy) is 2. The Morgan fingerprint density at radius 3 is 2.27 bits per heavy atom. The minimum absolute atomic E-state index is 0.0381. The summed E-state index contributed by atoms with van der Waals surface area (Å²) in [5, 5.41) is 5.48. The van der Waals surface area contributed by atoms with Crippen molar-refractivity contribution in [3.63, 3.8) is 0 Å². The highest BCUT2D eigenvalue weighted by Gasteiger charge is 2.14. The van der Waals surface area contributed by atoms with Crippen molar-refractivity contribution < 1.29 is 27.5 Å². The molecule has 0 heterocycles. The first kappa shape index (κ1) is 24.1. The van der Waals surface area contributed by atoms with Gasteiger partial charge in [0.2, 0.25) is 0 Å². The van der Waals surface area contributed by atoms with E-state index in [0.29, 0.717) is 22.9 Å². The number of benzene rings is 3. The van der Waals surface area contributed by atoms with Crippen LogP contribution in [0.25, 0.3) is 0 Å². The Kier molecular flexibility index (Phi) is 7.57. The summed E-state index contributed by atoms with van der Waals surface area (Å²) in [6, 6.07) is 17.1. The lowest BCUT2D eigenvalue weighted by Crippen LogP contribution is -2.20. The summed E-state index contributed by atoms with van der Waals surface area (Å²) < 4.78 is 33.9. The van der Waals surface area contributed by atoms with Crippen LogP contribution in [0.3, 0.4) is 0 Å². The van der Waals surface area contributed by atoms with Gasteiger partial charge in [0, 0.05) is 17.5 Å². The van der Waals surface area contributed by atoms with Crippen LogP contribution in [-0.4, -0.2) is 40.2 Å². The zero-order valence-electron chi connectivity index (χ0n) is 17.8. The van der Waals surface area contributed by atoms with Gasteiger partial charge in [0.1, 0.15) is 11.5 Å². The zero-order chi connectivity index (χ0) is 24.0. The number of amides is 2. The molecule has 0 aliphatic heterocycles. The van der Waals surface area contributed by atoms with Gasteiger partial charge in [-0.2, -0.15) is 0 Å². The van der Waals surface area contributed by atoms with Gasteiger partial charge in [-0.25, -0.2) is 8.42 Å². The first-order valence-corrected chi connectivity index (χ1v) is 11.9. The van der Waals surface area contributed by atoms with Crippen molar-refractivity contribution in [2.45, 2.75) is 4.90 Å². The molecule has 33 heavy (non-hydrogen) atoms. The first-order chi connectivity index (χ1) is 15.7. The number of hydrogen-bond donors (Lipinski definition) is 2. The average Bonchev–Trinajstić information content (AvgIpc) is 2.79. The van der Waals surface area contributed by atoms with Crippen LogP contribution in [0.4, 0.5) is 11.4 Å². The van der Waals surface area contributed by atoms with Crippen LogP contribution in [-0.2, 0) is 14.6 Å². The lowest BCUT2D eigenvalue weighted by atomic mass is 10.2. The third-order valence-corrected chi connectivity index (χ3v) is 5.88. The maximum absolute atomic E-state index is 12.5. The van der Waals surface area contributed by atoms with Crippen LogP contribution in [0, 0.1) is 0 Å². The van der Waals surface area contributed by atoms with Crippen molar-refractivity contribution in [2.75, 3.05) is 30.6 Å². The second-order valence-corrected chi connectivity index (χ2v) is 9.38. The van der Waals surface area contributed by atoms with Gasteiger partial charge in [-0.1, -0.05) is 17.7 Å². The first-order valence-electron chi connectivity index (χ1n) is 9.63. The average molecular weight is 489 g/mol. The molecular weight excluding hydrogens is 468 g/mol. The maximum Gasteiger partial charge on any atom is 0.262 e. The van der Waals surface area contributed by atoms with Crippen LogP contribution in [0.1, 0.15) is 10.4 Å². The van der Waals surface area contributed by atoms with Gasteiger partial charge in [-0.15, -0.1) is 0 Å². The lowest BCUT2D eigenvalue weighted by Gasteiger charge is -2.11. The van der Waals surface area contributed by atoms with E-state index < -0.39 is 21.7 Å². The topological polar surface area (TPSA) is 111 Å². The second kappa shape index (κ2) is 10.4. The monoisotopic (exact) mass is 488 g/mol. The van der Waals surface area contributed by atoms with Crippen molar-refractivity contribution in [1.82, 2.24) is 0 Å². The summed E-state index contributed by atoms with van der Waals surface area (Å²) in [6.45, 7) is -0.209. The largest absolute Gasteiger partial charge is 0.497 e. The van der Waals surface area contributed by atoms with Crippen LogP contribution in [0.15, 0.2) is 71.6 Å².